The van der Waals surface area contributed by atoms with Gasteiger partial charge < -0.3 is 4.74 Å². The van der Waals surface area contributed by atoms with E-state index in [1.807, 2.05) is 0 Å². The molecule has 2 rings (SSSR count). The highest BCUT2D eigenvalue weighted by Gasteiger charge is 2.18. The Morgan fingerprint density at radius 1 is 1.40 bits per heavy atom. The fraction of sp³-hybridized carbons (Fsp3) is 0.636. The lowest BCUT2D eigenvalue weighted by Crippen LogP contribution is -2.18. The van der Waals surface area contributed by atoms with E-state index in [1.165, 1.54) is 11.0 Å². The molecule has 0 amide bonds. The second-order valence-electron chi connectivity index (χ2n) is 4.63. The van der Waals surface area contributed by atoms with Gasteiger partial charge in [-0.15, -0.1) is 5.10 Å². The normalized spacial score (nSPS) is 11.0. The van der Waals surface area contributed by atoms with Crippen LogP contribution in [0.25, 0.3) is 0 Å². The van der Waals surface area contributed by atoms with E-state index in [0.29, 0.717) is 11.7 Å². The van der Waals surface area contributed by atoms with E-state index in [0.717, 1.165) is 6.54 Å². The zero-order valence-electron chi connectivity index (χ0n) is 11.7. The lowest BCUT2D eigenvalue weighted by atomic mass is 10.2. The van der Waals surface area contributed by atoms with E-state index in [4.69, 9.17) is 4.74 Å². The Balaban J connectivity index is 2.17. The molecule has 0 atom stereocenters. The fourth-order valence-corrected chi connectivity index (χ4v) is 1.70. The van der Waals surface area contributed by atoms with E-state index in [9.17, 15) is 4.79 Å². The number of carbonyl (C=O) groups excluding carboxylic acids is 1. The Kier molecular flexibility index (Phi) is 4.38. The Labute approximate surface area is 115 Å². The van der Waals surface area contributed by atoms with Gasteiger partial charge in [-0.3, -0.25) is 0 Å². The molecule has 0 bridgehead atoms. The predicted octanol–water partition coefficient (Wildman–Crippen LogP) is 0.146. The number of carbonyl (C=O) groups is 1. The van der Waals surface area contributed by atoms with Gasteiger partial charge in [-0.2, -0.15) is 5.10 Å². The van der Waals surface area contributed by atoms with Crippen LogP contribution in [0, 0.1) is 5.92 Å². The number of esters is 1. The molecule has 0 saturated carbocycles. The maximum absolute atomic E-state index is 11.7. The molecule has 0 aliphatic carbocycles. The van der Waals surface area contributed by atoms with Crippen molar-refractivity contribution < 1.29 is 9.53 Å². The first kappa shape index (κ1) is 14.1. The minimum Gasteiger partial charge on any atom is -0.460 e. The van der Waals surface area contributed by atoms with Crippen molar-refractivity contribution in [3.8, 4) is 0 Å². The third-order valence-corrected chi connectivity index (χ3v) is 2.51. The van der Waals surface area contributed by atoms with Crippen molar-refractivity contribution in [2.75, 3.05) is 6.61 Å². The van der Waals surface area contributed by atoms with Gasteiger partial charge >= 0.3 is 5.97 Å². The van der Waals surface area contributed by atoms with Crippen molar-refractivity contribution in [2.24, 2.45) is 5.92 Å². The summed E-state index contributed by atoms with van der Waals surface area (Å²) in [6.45, 7) is 7.19. The highest BCUT2D eigenvalue weighted by atomic mass is 16.5. The molecule has 2 aromatic heterocycles. The number of hydrogen-bond donors (Lipinski definition) is 0. The van der Waals surface area contributed by atoms with E-state index in [2.05, 4.69) is 39.5 Å². The minimum atomic E-state index is -0.549. The summed E-state index contributed by atoms with van der Waals surface area (Å²) in [5.41, 5.74) is 0. The number of rotatable bonds is 6. The molecule has 0 saturated heterocycles. The molecule has 20 heavy (non-hydrogen) atoms. The molecule has 0 radical (unpaired) electrons. The third kappa shape index (κ3) is 3.16. The molecule has 108 valence electrons. The SMILES string of the molecule is CCOC(=O)c1nnnn1Cc1ncnn1CC(C)C. The molecule has 0 aliphatic rings. The van der Waals surface area contributed by atoms with Crippen molar-refractivity contribution in [1.29, 1.82) is 0 Å². The van der Waals surface area contributed by atoms with Gasteiger partial charge in [0.05, 0.1) is 6.61 Å². The monoisotopic (exact) mass is 279 g/mol. The van der Waals surface area contributed by atoms with Gasteiger partial charge in [-0.1, -0.05) is 13.8 Å². The molecule has 0 N–H and O–H groups in total. The Bertz CT molecular complexity index is 575. The first-order valence-corrected chi connectivity index (χ1v) is 6.41. The summed E-state index contributed by atoms with van der Waals surface area (Å²) in [7, 11) is 0. The van der Waals surface area contributed by atoms with E-state index < -0.39 is 5.97 Å². The van der Waals surface area contributed by atoms with Crippen LogP contribution in [0.15, 0.2) is 6.33 Å². The van der Waals surface area contributed by atoms with Crippen LogP contribution in [0.4, 0.5) is 0 Å². The average molecular weight is 279 g/mol. The van der Waals surface area contributed by atoms with E-state index >= 15 is 0 Å². The summed E-state index contributed by atoms with van der Waals surface area (Å²) in [6.07, 6.45) is 1.48. The number of aromatic nitrogens is 7. The molecular weight excluding hydrogens is 262 g/mol. The van der Waals surface area contributed by atoms with Crippen LogP contribution >= 0.6 is 0 Å². The molecule has 9 nitrogen and oxygen atoms in total. The van der Waals surface area contributed by atoms with Crippen LogP contribution in [0.1, 0.15) is 37.2 Å². The smallest absolute Gasteiger partial charge is 0.378 e. The first-order chi connectivity index (χ1) is 9.61. The molecule has 9 heteroatoms. The molecule has 2 heterocycles. The van der Waals surface area contributed by atoms with Gasteiger partial charge in [0, 0.05) is 6.54 Å². The molecule has 0 spiro atoms. The summed E-state index contributed by atoms with van der Waals surface area (Å²) in [5.74, 6) is 0.642. The first-order valence-electron chi connectivity index (χ1n) is 6.41. The highest BCUT2D eigenvalue weighted by molar-refractivity contribution is 5.85. The second-order valence-corrected chi connectivity index (χ2v) is 4.63. The lowest BCUT2D eigenvalue weighted by molar-refractivity contribution is 0.0505. The van der Waals surface area contributed by atoms with Crippen molar-refractivity contribution >= 4 is 5.97 Å². The standard InChI is InChI=1S/C11H17N7O2/c1-4-20-11(19)10-14-15-16-18(10)6-9-12-7-13-17(9)5-8(2)3/h7-8H,4-6H2,1-3H3. The Hall–Kier alpha value is -2.32. The van der Waals surface area contributed by atoms with E-state index in [1.54, 1.807) is 11.6 Å². The molecule has 0 fully saturated rings. The zero-order valence-corrected chi connectivity index (χ0v) is 11.7. The lowest BCUT2D eigenvalue weighted by Gasteiger charge is -2.08. The Morgan fingerprint density at radius 2 is 2.20 bits per heavy atom. The van der Waals surface area contributed by atoms with Crippen molar-refractivity contribution in [2.45, 2.75) is 33.9 Å². The summed E-state index contributed by atoms with van der Waals surface area (Å²) >= 11 is 0. The van der Waals surface area contributed by atoms with Crippen molar-refractivity contribution in [3.05, 3.63) is 18.0 Å². The van der Waals surface area contributed by atoms with Gasteiger partial charge in [0.2, 0.25) is 0 Å². The predicted molar refractivity (Wildman–Crippen MR) is 67.7 cm³/mol. The average Bonchev–Trinajstić information content (AvgIpc) is 3.00. The number of hydrogen-bond acceptors (Lipinski definition) is 7. The molecule has 0 aromatic carbocycles. The van der Waals surface area contributed by atoms with E-state index in [-0.39, 0.29) is 19.0 Å². The number of tetrazole rings is 1. The van der Waals surface area contributed by atoms with Gasteiger partial charge in [0.1, 0.15) is 18.7 Å². The van der Waals surface area contributed by atoms with Gasteiger partial charge in [-0.05, 0) is 23.3 Å². The van der Waals surface area contributed by atoms with Crippen LogP contribution in [-0.4, -0.2) is 47.5 Å². The van der Waals surface area contributed by atoms with Gasteiger partial charge in [-0.25, -0.2) is 19.1 Å². The summed E-state index contributed by atoms with van der Waals surface area (Å²) in [4.78, 5) is 15.9. The highest BCUT2D eigenvalue weighted by Crippen LogP contribution is 2.04. The number of ether oxygens (including phenoxy) is 1. The second kappa shape index (κ2) is 6.22. The van der Waals surface area contributed by atoms with Crippen LogP contribution in [-0.2, 0) is 17.8 Å². The summed E-state index contributed by atoms with van der Waals surface area (Å²) < 4.78 is 8.03. The van der Waals surface area contributed by atoms with Crippen LogP contribution in [0.3, 0.4) is 0 Å². The molecule has 0 unspecified atom stereocenters. The largest absolute Gasteiger partial charge is 0.460 e. The van der Waals surface area contributed by atoms with Gasteiger partial charge in [0.15, 0.2) is 0 Å². The molecule has 0 aliphatic heterocycles. The zero-order chi connectivity index (χ0) is 14.5. The quantitative estimate of drug-likeness (QED) is 0.693. The van der Waals surface area contributed by atoms with Crippen molar-refractivity contribution in [1.82, 2.24) is 35.0 Å². The number of nitrogens with zero attached hydrogens (tertiary/aromatic N) is 7. The topological polar surface area (TPSA) is 101 Å². The van der Waals surface area contributed by atoms with Crippen LogP contribution < -0.4 is 0 Å². The maximum atomic E-state index is 11.7. The molecular formula is C11H17N7O2. The summed E-state index contributed by atoms with van der Waals surface area (Å²) in [6, 6.07) is 0. The molecule has 2 aromatic rings. The fourth-order valence-electron chi connectivity index (χ4n) is 1.70. The third-order valence-electron chi connectivity index (χ3n) is 2.51. The maximum Gasteiger partial charge on any atom is 0.378 e. The Morgan fingerprint density at radius 3 is 2.90 bits per heavy atom. The van der Waals surface area contributed by atoms with Crippen LogP contribution in [0.2, 0.25) is 0 Å². The minimum absolute atomic E-state index is 0.0611. The summed E-state index contributed by atoms with van der Waals surface area (Å²) in [5, 5.41) is 15.1. The van der Waals surface area contributed by atoms with Crippen LogP contribution in [0.5, 0.6) is 0 Å². The van der Waals surface area contributed by atoms with Gasteiger partial charge in [0.25, 0.3) is 5.82 Å². The van der Waals surface area contributed by atoms with Crippen molar-refractivity contribution in [3.63, 3.8) is 0 Å².